The minimum atomic E-state index is -0.300. The van der Waals surface area contributed by atoms with Gasteiger partial charge in [0.05, 0.1) is 11.5 Å². The third-order valence-corrected chi connectivity index (χ3v) is 4.69. The Hall–Kier alpha value is -2.99. The first-order valence-corrected chi connectivity index (χ1v) is 8.97. The Morgan fingerprint density at radius 3 is 2.23 bits per heavy atom. The Labute approximate surface area is 155 Å². The van der Waals surface area contributed by atoms with Crippen LogP contribution in [0.5, 0.6) is 0 Å². The zero-order valence-corrected chi connectivity index (χ0v) is 15.0. The van der Waals surface area contributed by atoms with Crippen LogP contribution in [0.25, 0.3) is 0 Å². The summed E-state index contributed by atoms with van der Waals surface area (Å²) in [6, 6.07) is 20.0. The molecule has 0 bridgehead atoms. The number of carbonyl (C=O) groups is 2. The number of hydrogen-bond acceptors (Lipinski definition) is 4. The molecular weight excluding hydrogens is 348 g/mol. The van der Waals surface area contributed by atoms with Crippen molar-refractivity contribution in [2.45, 2.75) is 17.1 Å². The first-order chi connectivity index (χ1) is 12.6. The largest absolute Gasteiger partial charge is 0.459 e. The van der Waals surface area contributed by atoms with Crippen LogP contribution >= 0.6 is 11.8 Å². The summed E-state index contributed by atoms with van der Waals surface area (Å²) in [6.45, 7) is 1.86. The second-order valence-electron chi connectivity index (χ2n) is 5.57. The first-order valence-electron chi connectivity index (χ1n) is 8.09. The molecule has 0 saturated carbocycles. The van der Waals surface area contributed by atoms with Gasteiger partial charge in [0.2, 0.25) is 5.91 Å². The van der Waals surface area contributed by atoms with Gasteiger partial charge in [-0.25, -0.2) is 0 Å². The van der Waals surface area contributed by atoms with Gasteiger partial charge in [0, 0.05) is 16.3 Å². The Balaban J connectivity index is 1.55. The van der Waals surface area contributed by atoms with Crippen molar-refractivity contribution in [2.75, 3.05) is 10.6 Å². The number of carbonyl (C=O) groups excluding carboxylic acids is 2. The van der Waals surface area contributed by atoms with E-state index >= 15 is 0 Å². The number of para-hydroxylation sites is 1. The number of rotatable bonds is 6. The molecule has 0 fully saturated rings. The van der Waals surface area contributed by atoms with E-state index in [-0.39, 0.29) is 22.8 Å². The molecule has 0 aliphatic heterocycles. The average Bonchev–Trinajstić information content (AvgIpc) is 3.19. The van der Waals surface area contributed by atoms with E-state index in [9.17, 15) is 9.59 Å². The fourth-order valence-electron chi connectivity index (χ4n) is 2.24. The predicted octanol–water partition coefficient (Wildman–Crippen LogP) is 4.65. The highest BCUT2D eigenvalue weighted by Gasteiger charge is 2.15. The lowest BCUT2D eigenvalue weighted by Crippen LogP contribution is -2.22. The zero-order chi connectivity index (χ0) is 18.4. The summed E-state index contributed by atoms with van der Waals surface area (Å²) in [6.07, 6.45) is 1.45. The van der Waals surface area contributed by atoms with E-state index in [4.69, 9.17) is 4.42 Å². The Morgan fingerprint density at radius 2 is 1.58 bits per heavy atom. The predicted molar refractivity (Wildman–Crippen MR) is 103 cm³/mol. The highest BCUT2D eigenvalue weighted by molar-refractivity contribution is 8.00. The molecule has 2 N–H and O–H groups in total. The van der Waals surface area contributed by atoms with Crippen molar-refractivity contribution in [2.24, 2.45) is 0 Å². The average molecular weight is 366 g/mol. The SMILES string of the molecule is CC(Sc1ccc(NC(=O)c2ccco2)cc1)C(=O)Nc1ccccc1. The van der Waals surface area contributed by atoms with Gasteiger partial charge in [-0.05, 0) is 55.5 Å². The molecule has 0 radical (unpaired) electrons. The summed E-state index contributed by atoms with van der Waals surface area (Å²) in [5, 5.41) is 5.40. The molecule has 0 aliphatic carbocycles. The van der Waals surface area contributed by atoms with Crippen LogP contribution in [0.3, 0.4) is 0 Å². The third kappa shape index (κ3) is 4.77. The van der Waals surface area contributed by atoms with E-state index in [1.165, 1.54) is 18.0 Å². The summed E-state index contributed by atoms with van der Waals surface area (Å²) in [7, 11) is 0. The molecule has 2 aromatic carbocycles. The van der Waals surface area contributed by atoms with Crippen LogP contribution in [-0.4, -0.2) is 17.1 Å². The second kappa shape index (κ2) is 8.40. The fraction of sp³-hybridized carbons (Fsp3) is 0.100. The number of amides is 2. The van der Waals surface area contributed by atoms with Gasteiger partial charge in [-0.1, -0.05) is 18.2 Å². The molecule has 6 heteroatoms. The van der Waals surface area contributed by atoms with Crippen LogP contribution in [0.4, 0.5) is 11.4 Å². The number of thioether (sulfide) groups is 1. The summed E-state index contributed by atoms with van der Waals surface area (Å²) in [5.74, 6) is -0.0999. The Bertz CT molecular complexity index is 862. The smallest absolute Gasteiger partial charge is 0.291 e. The topological polar surface area (TPSA) is 71.3 Å². The fourth-order valence-corrected chi connectivity index (χ4v) is 3.11. The molecule has 2 amide bonds. The molecular formula is C20H18N2O3S. The second-order valence-corrected chi connectivity index (χ2v) is 6.99. The number of hydrogen-bond donors (Lipinski definition) is 2. The van der Waals surface area contributed by atoms with Crippen molar-refractivity contribution in [1.29, 1.82) is 0 Å². The van der Waals surface area contributed by atoms with Crippen LogP contribution in [0.1, 0.15) is 17.5 Å². The van der Waals surface area contributed by atoms with Crippen molar-refractivity contribution in [3.63, 3.8) is 0 Å². The quantitative estimate of drug-likeness (QED) is 0.623. The van der Waals surface area contributed by atoms with Gasteiger partial charge < -0.3 is 15.1 Å². The van der Waals surface area contributed by atoms with Crippen LogP contribution in [0.15, 0.2) is 82.3 Å². The molecule has 1 heterocycles. The van der Waals surface area contributed by atoms with E-state index in [0.29, 0.717) is 5.69 Å². The van der Waals surface area contributed by atoms with Gasteiger partial charge in [0.15, 0.2) is 5.76 Å². The van der Waals surface area contributed by atoms with Gasteiger partial charge in [0.25, 0.3) is 5.91 Å². The number of furan rings is 1. The summed E-state index contributed by atoms with van der Waals surface area (Å²) in [5.41, 5.74) is 1.44. The maximum Gasteiger partial charge on any atom is 0.291 e. The molecule has 1 aromatic heterocycles. The van der Waals surface area contributed by atoms with Gasteiger partial charge in [0.1, 0.15) is 0 Å². The molecule has 0 spiro atoms. The number of nitrogens with one attached hydrogen (secondary N) is 2. The summed E-state index contributed by atoms with van der Waals surface area (Å²) >= 11 is 1.45. The van der Waals surface area contributed by atoms with Crippen molar-refractivity contribution >= 4 is 35.0 Å². The first kappa shape index (κ1) is 17.8. The van der Waals surface area contributed by atoms with E-state index in [2.05, 4.69) is 10.6 Å². The van der Waals surface area contributed by atoms with Crippen LogP contribution in [-0.2, 0) is 4.79 Å². The normalized spacial score (nSPS) is 11.6. The number of benzene rings is 2. The molecule has 5 nitrogen and oxygen atoms in total. The molecule has 26 heavy (non-hydrogen) atoms. The van der Waals surface area contributed by atoms with Gasteiger partial charge in [-0.3, -0.25) is 9.59 Å². The lowest BCUT2D eigenvalue weighted by Gasteiger charge is -2.12. The molecule has 3 rings (SSSR count). The van der Waals surface area contributed by atoms with Gasteiger partial charge in [-0.2, -0.15) is 0 Å². The standard InChI is InChI=1S/C20H18N2O3S/c1-14(19(23)21-15-6-3-2-4-7-15)26-17-11-9-16(10-12-17)22-20(24)18-8-5-13-25-18/h2-14H,1H3,(H,21,23)(H,22,24). The lowest BCUT2D eigenvalue weighted by molar-refractivity contribution is -0.115. The van der Waals surface area contributed by atoms with Crippen LogP contribution < -0.4 is 10.6 Å². The monoisotopic (exact) mass is 366 g/mol. The van der Waals surface area contributed by atoms with Crippen molar-refractivity contribution in [3.05, 3.63) is 78.8 Å². The van der Waals surface area contributed by atoms with Gasteiger partial charge >= 0.3 is 0 Å². The van der Waals surface area contributed by atoms with Crippen molar-refractivity contribution in [1.82, 2.24) is 0 Å². The molecule has 0 aliphatic rings. The molecule has 132 valence electrons. The van der Waals surface area contributed by atoms with Crippen LogP contribution in [0, 0.1) is 0 Å². The third-order valence-electron chi connectivity index (χ3n) is 3.58. The molecule has 1 unspecified atom stereocenters. The van der Waals surface area contributed by atoms with E-state index in [1.54, 1.807) is 24.3 Å². The van der Waals surface area contributed by atoms with E-state index < -0.39 is 0 Å². The minimum absolute atomic E-state index is 0.0589. The summed E-state index contributed by atoms with van der Waals surface area (Å²) < 4.78 is 5.06. The highest BCUT2D eigenvalue weighted by atomic mass is 32.2. The summed E-state index contributed by atoms with van der Waals surface area (Å²) in [4.78, 5) is 25.1. The van der Waals surface area contributed by atoms with Gasteiger partial charge in [-0.15, -0.1) is 11.8 Å². The van der Waals surface area contributed by atoms with Crippen molar-refractivity contribution < 1.29 is 14.0 Å². The van der Waals surface area contributed by atoms with Crippen LogP contribution in [0.2, 0.25) is 0 Å². The highest BCUT2D eigenvalue weighted by Crippen LogP contribution is 2.25. The maximum atomic E-state index is 12.3. The Kier molecular flexibility index (Phi) is 5.76. The van der Waals surface area contributed by atoms with Crippen molar-refractivity contribution in [3.8, 4) is 0 Å². The molecule has 3 aromatic rings. The lowest BCUT2D eigenvalue weighted by atomic mass is 10.3. The minimum Gasteiger partial charge on any atom is -0.459 e. The maximum absolute atomic E-state index is 12.3. The van der Waals surface area contributed by atoms with E-state index in [1.807, 2.05) is 49.4 Å². The molecule has 1 atom stereocenters. The zero-order valence-electron chi connectivity index (χ0n) is 14.1. The van der Waals surface area contributed by atoms with E-state index in [0.717, 1.165) is 10.6 Å². The molecule has 0 saturated heterocycles. The number of anilines is 2. The Morgan fingerprint density at radius 1 is 0.885 bits per heavy atom.